The van der Waals surface area contributed by atoms with Crippen molar-refractivity contribution in [3.05, 3.63) is 29.7 Å². The molecule has 0 saturated heterocycles. The lowest BCUT2D eigenvalue weighted by Gasteiger charge is -2.01. The maximum Gasteiger partial charge on any atom is 0.247 e. The summed E-state index contributed by atoms with van der Waals surface area (Å²) in [5.74, 6) is -0.0942. The summed E-state index contributed by atoms with van der Waals surface area (Å²) in [5.41, 5.74) is 0. The zero-order chi connectivity index (χ0) is 12.9. The van der Waals surface area contributed by atoms with E-state index in [1.54, 1.807) is 6.07 Å². The van der Waals surface area contributed by atoms with Gasteiger partial charge in [0.05, 0.1) is 0 Å². The average molecular weight is 274 g/mol. The minimum Gasteiger partial charge on any atom is -0.355 e. The Morgan fingerprint density at radius 2 is 2.24 bits per heavy atom. The molecule has 1 aromatic heterocycles. The van der Waals surface area contributed by atoms with Gasteiger partial charge in [-0.3, -0.25) is 4.79 Å². The summed E-state index contributed by atoms with van der Waals surface area (Å²) in [6.45, 7) is 3.93. The molecule has 1 amide bonds. The van der Waals surface area contributed by atoms with E-state index in [2.05, 4.69) is 11.9 Å². The fourth-order valence-electron chi connectivity index (χ4n) is 1.17. The second-order valence-corrected chi connectivity index (χ2v) is 6.32. The molecule has 0 aromatic carbocycles. The molecule has 0 atom stereocenters. The zero-order valence-corrected chi connectivity index (χ0v) is 10.8. The number of hydrogen-bond donors (Lipinski definition) is 2. The van der Waals surface area contributed by atoms with Crippen LogP contribution in [0.2, 0.25) is 0 Å². The molecule has 0 saturated carbocycles. The van der Waals surface area contributed by atoms with Crippen LogP contribution in [0.15, 0.2) is 29.0 Å². The van der Waals surface area contributed by atoms with Gasteiger partial charge in [-0.1, -0.05) is 6.08 Å². The molecule has 0 spiro atoms. The molecule has 0 fully saturated rings. The lowest BCUT2D eigenvalue weighted by Crippen LogP contribution is -2.24. The average Bonchev–Trinajstić information content (AvgIpc) is 2.66. The number of nitrogens with two attached hydrogens (primary N) is 1. The lowest BCUT2D eigenvalue weighted by molar-refractivity contribution is -0.120. The first-order valence-electron chi connectivity index (χ1n) is 4.92. The van der Waals surface area contributed by atoms with Crippen molar-refractivity contribution in [1.82, 2.24) is 5.32 Å². The van der Waals surface area contributed by atoms with Crippen LogP contribution in [-0.2, 0) is 21.2 Å². The van der Waals surface area contributed by atoms with Crippen LogP contribution in [0.1, 0.15) is 11.3 Å². The van der Waals surface area contributed by atoms with Gasteiger partial charge >= 0.3 is 0 Å². The van der Waals surface area contributed by atoms with Crippen molar-refractivity contribution in [2.24, 2.45) is 5.14 Å². The molecule has 1 heterocycles. The molecular weight excluding hydrogens is 260 g/mol. The number of nitrogens with one attached hydrogen (secondary N) is 1. The molecule has 7 heteroatoms. The Balaban J connectivity index is 2.46. The predicted octanol–water partition coefficient (Wildman–Crippen LogP) is 0.630. The summed E-state index contributed by atoms with van der Waals surface area (Å²) in [7, 11) is -3.61. The second-order valence-electron chi connectivity index (χ2n) is 3.36. The molecule has 0 bridgehead atoms. The minimum absolute atomic E-state index is 0.0942. The standard InChI is InChI=1S/C10H14N2O3S2/c1-2-3-9(13)12-7-6-8-4-5-10(16-8)17(11,14)15/h2,4-5H,1,3,6-7H2,(H,12,13)(H2,11,14,15). The van der Waals surface area contributed by atoms with E-state index in [9.17, 15) is 13.2 Å². The van der Waals surface area contributed by atoms with E-state index in [-0.39, 0.29) is 16.5 Å². The highest BCUT2D eigenvalue weighted by Crippen LogP contribution is 2.20. The predicted molar refractivity (Wildman–Crippen MR) is 67.2 cm³/mol. The molecule has 0 aliphatic carbocycles. The maximum absolute atomic E-state index is 11.1. The minimum atomic E-state index is -3.61. The number of rotatable bonds is 6. The number of carbonyl (C=O) groups is 1. The maximum atomic E-state index is 11.1. The van der Waals surface area contributed by atoms with Gasteiger partial charge < -0.3 is 5.32 Å². The van der Waals surface area contributed by atoms with Gasteiger partial charge in [-0.05, 0) is 18.6 Å². The van der Waals surface area contributed by atoms with Crippen molar-refractivity contribution < 1.29 is 13.2 Å². The van der Waals surface area contributed by atoms with Crippen LogP contribution >= 0.6 is 11.3 Å². The molecule has 0 radical (unpaired) electrons. The van der Waals surface area contributed by atoms with Crippen LogP contribution in [0.5, 0.6) is 0 Å². The van der Waals surface area contributed by atoms with E-state index in [1.165, 1.54) is 12.1 Å². The summed E-state index contributed by atoms with van der Waals surface area (Å²) in [6.07, 6.45) is 2.40. The normalized spacial score (nSPS) is 11.1. The molecule has 3 N–H and O–H groups in total. The number of sulfonamides is 1. The molecule has 17 heavy (non-hydrogen) atoms. The molecule has 1 rings (SSSR count). The number of hydrogen-bond acceptors (Lipinski definition) is 4. The number of primary sulfonamides is 1. The van der Waals surface area contributed by atoms with E-state index >= 15 is 0 Å². The molecule has 94 valence electrons. The van der Waals surface area contributed by atoms with Gasteiger partial charge in [-0.15, -0.1) is 17.9 Å². The topological polar surface area (TPSA) is 89.3 Å². The van der Waals surface area contributed by atoms with Crippen molar-refractivity contribution in [3.63, 3.8) is 0 Å². The largest absolute Gasteiger partial charge is 0.355 e. The van der Waals surface area contributed by atoms with Crippen LogP contribution < -0.4 is 10.5 Å². The molecule has 5 nitrogen and oxygen atoms in total. The van der Waals surface area contributed by atoms with Crippen molar-refractivity contribution in [2.45, 2.75) is 17.1 Å². The first-order valence-corrected chi connectivity index (χ1v) is 7.29. The lowest BCUT2D eigenvalue weighted by atomic mass is 10.3. The van der Waals surface area contributed by atoms with E-state index in [4.69, 9.17) is 5.14 Å². The first-order chi connectivity index (χ1) is 7.93. The molecule has 0 aliphatic heterocycles. The van der Waals surface area contributed by atoms with Crippen LogP contribution in [-0.4, -0.2) is 20.9 Å². The SMILES string of the molecule is C=CCC(=O)NCCc1ccc(S(N)(=O)=O)s1. The summed E-state index contributed by atoms with van der Waals surface area (Å²) in [5, 5.41) is 7.68. The van der Waals surface area contributed by atoms with Crippen molar-refractivity contribution in [1.29, 1.82) is 0 Å². The molecule has 0 aliphatic rings. The Hall–Kier alpha value is -1.18. The summed E-state index contributed by atoms with van der Waals surface area (Å²) >= 11 is 1.12. The number of amides is 1. The third-order valence-electron chi connectivity index (χ3n) is 1.94. The van der Waals surface area contributed by atoms with Gasteiger partial charge in [0.25, 0.3) is 0 Å². The van der Waals surface area contributed by atoms with E-state index in [1.807, 2.05) is 0 Å². The Labute approximate surface area is 104 Å². The van der Waals surface area contributed by atoms with Crippen molar-refractivity contribution in [3.8, 4) is 0 Å². The monoisotopic (exact) mass is 274 g/mol. The first kappa shape index (κ1) is 13.9. The Morgan fingerprint density at radius 3 is 2.76 bits per heavy atom. The number of thiophene rings is 1. The Kier molecular flexibility index (Phi) is 4.86. The molecule has 1 aromatic rings. The van der Waals surface area contributed by atoms with Crippen molar-refractivity contribution in [2.75, 3.05) is 6.54 Å². The fraction of sp³-hybridized carbons (Fsp3) is 0.300. The summed E-state index contributed by atoms with van der Waals surface area (Å²) in [6, 6.07) is 3.17. The highest BCUT2D eigenvalue weighted by molar-refractivity contribution is 7.91. The highest BCUT2D eigenvalue weighted by atomic mass is 32.2. The smallest absolute Gasteiger partial charge is 0.247 e. The third kappa shape index (κ3) is 4.68. The summed E-state index contributed by atoms with van der Waals surface area (Å²) in [4.78, 5) is 12.0. The Bertz CT molecular complexity index is 505. The quantitative estimate of drug-likeness (QED) is 0.746. The zero-order valence-electron chi connectivity index (χ0n) is 9.18. The van der Waals surface area contributed by atoms with E-state index in [0.717, 1.165) is 16.2 Å². The second kappa shape index (κ2) is 5.95. The van der Waals surface area contributed by atoms with E-state index < -0.39 is 10.0 Å². The van der Waals surface area contributed by atoms with Gasteiger partial charge in [0.1, 0.15) is 4.21 Å². The summed E-state index contributed by atoms with van der Waals surface area (Å²) < 4.78 is 22.2. The Morgan fingerprint density at radius 1 is 1.53 bits per heavy atom. The highest BCUT2D eigenvalue weighted by Gasteiger charge is 2.10. The third-order valence-corrected chi connectivity index (χ3v) is 4.52. The number of carbonyl (C=O) groups excluding carboxylic acids is 1. The van der Waals surface area contributed by atoms with Gasteiger partial charge in [-0.25, -0.2) is 13.6 Å². The molecule has 0 unspecified atom stereocenters. The van der Waals surface area contributed by atoms with Crippen LogP contribution in [0.3, 0.4) is 0 Å². The molecular formula is C10H14N2O3S2. The van der Waals surface area contributed by atoms with Gasteiger partial charge in [0.15, 0.2) is 0 Å². The van der Waals surface area contributed by atoms with Gasteiger partial charge in [0, 0.05) is 17.8 Å². The van der Waals surface area contributed by atoms with Crippen molar-refractivity contribution >= 4 is 27.3 Å². The fourth-order valence-corrected chi connectivity index (χ4v) is 2.95. The van der Waals surface area contributed by atoms with Crippen LogP contribution in [0, 0.1) is 0 Å². The van der Waals surface area contributed by atoms with Gasteiger partial charge in [-0.2, -0.15) is 0 Å². The van der Waals surface area contributed by atoms with Crippen LogP contribution in [0.25, 0.3) is 0 Å². The van der Waals surface area contributed by atoms with E-state index in [0.29, 0.717) is 13.0 Å². The van der Waals surface area contributed by atoms with Gasteiger partial charge in [0.2, 0.25) is 15.9 Å². The van der Waals surface area contributed by atoms with Crippen LogP contribution in [0.4, 0.5) is 0 Å².